The summed E-state index contributed by atoms with van der Waals surface area (Å²) < 4.78 is 55.0. The molecule has 9 heteroatoms. The molecule has 0 aliphatic carbocycles. The first-order valence-corrected chi connectivity index (χ1v) is 8.74. The molecule has 0 aliphatic rings. The van der Waals surface area contributed by atoms with E-state index in [4.69, 9.17) is 4.42 Å². The first-order chi connectivity index (χ1) is 9.82. The predicted molar refractivity (Wildman–Crippen MR) is 81.1 cm³/mol. The zero-order valence-electron chi connectivity index (χ0n) is 10.3. The Labute approximate surface area is 136 Å². The van der Waals surface area contributed by atoms with E-state index in [1.54, 1.807) is 12.1 Å². The Hall–Kier alpha value is -0.930. The summed E-state index contributed by atoms with van der Waals surface area (Å²) in [6.45, 7) is 0.153. The number of benzene rings is 1. The average molecular weight is 445 g/mol. The van der Waals surface area contributed by atoms with Crippen molar-refractivity contribution in [3.8, 4) is 0 Å². The standard InChI is InChI=1S/C12H9Br2F2NO3S/c13-8-5-7(20-11(8)14)6-17-9-3-1-2-4-10(9)21(18,19)12(15)16/h1-5,12,17H,6H2. The monoisotopic (exact) mass is 443 g/mol. The van der Waals surface area contributed by atoms with Crippen molar-refractivity contribution >= 4 is 47.4 Å². The molecule has 114 valence electrons. The topological polar surface area (TPSA) is 59.3 Å². The van der Waals surface area contributed by atoms with Gasteiger partial charge in [0.2, 0.25) is 9.84 Å². The van der Waals surface area contributed by atoms with Crippen LogP contribution >= 0.6 is 31.9 Å². The Balaban J connectivity index is 2.25. The molecular formula is C12H9Br2F2NO3S. The van der Waals surface area contributed by atoms with Crippen LogP contribution < -0.4 is 5.32 Å². The molecule has 0 aliphatic heterocycles. The van der Waals surface area contributed by atoms with Crippen molar-refractivity contribution in [2.45, 2.75) is 17.2 Å². The number of alkyl halides is 2. The van der Waals surface area contributed by atoms with Gasteiger partial charge >= 0.3 is 5.76 Å². The summed E-state index contributed by atoms with van der Waals surface area (Å²) in [5.41, 5.74) is 0.0986. The van der Waals surface area contributed by atoms with Gasteiger partial charge < -0.3 is 9.73 Å². The summed E-state index contributed by atoms with van der Waals surface area (Å²) in [6.07, 6.45) is 0. The molecule has 0 fully saturated rings. The van der Waals surface area contributed by atoms with Crippen LogP contribution in [0.5, 0.6) is 0 Å². The molecule has 0 radical (unpaired) electrons. The van der Waals surface area contributed by atoms with Crippen molar-refractivity contribution in [3.05, 3.63) is 45.2 Å². The van der Waals surface area contributed by atoms with Crippen LogP contribution in [-0.2, 0) is 16.4 Å². The van der Waals surface area contributed by atoms with E-state index in [1.807, 2.05) is 0 Å². The maximum Gasteiger partial charge on any atom is 0.341 e. The number of nitrogens with one attached hydrogen (secondary N) is 1. The average Bonchev–Trinajstić information content (AvgIpc) is 2.75. The highest BCUT2D eigenvalue weighted by Crippen LogP contribution is 2.29. The summed E-state index contributed by atoms with van der Waals surface area (Å²) >= 11 is 6.42. The van der Waals surface area contributed by atoms with Gasteiger partial charge in [0.05, 0.1) is 21.6 Å². The maximum atomic E-state index is 12.7. The molecule has 0 spiro atoms. The van der Waals surface area contributed by atoms with Gasteiger partial charge in [-0.1, -0.05) is 12.1 Å². The molecule has 2 aromatic rings. The lowest BCUT2D eigenvalue weighted by Crippen LogP contribution is -2.14. The zero-order chi connectivity index (χ0) is 15.6. The normalized spacial score (nSPS) is 11.9. The SMILES string of the molecule is O=S(=O)(c1ccccc1NCc1cc(Br)c(Br)o1)C(F)F. The van der Waals surface area contributed by atoms with E-state index >= 15 is 0 Å². The van der Waals surface area contributed by atoms with Crippen LogP contribution in [0.25, 0.3) is 0 Å². The Kier molecular flexibility index (Phi) is 5.05. The molecule has 0 bridgehead atoms. The second-order valence-corrected chi connectivity index (χ2v) is 7.45. The van der Waals surface area contributed by atoms with E-state index < -0.39 is 20.5 Å². The molecule has 1 aromatic heterocycles. The number of halogens is 4. The van der Waals surface area contributed by atoms with Crippen molar-refractivity contribution in [2.75, 3.05) is 5.32 Å². The van der Waals surface area contributed by atoms with E-state index in [9.17, 15) is 17.2 Å². The second kappa shape index (κ2) is 6.45. The molecule has 4 nitrogen and oxygen atoms in total. The maximum absolute atomic E-state index is 12.7. The van der Waals surface area contributed by atoms with Gasteiger partial charge in [-0.15, -0.1) is 0 Å². The van der Waals surface area contributed by atoms with E-state index in [0.717, 1.165) is 6.07 Å². The predicted octanol–water partition coefficient (Wildman–Crippen LogP) is 4.41. The van der Waals surface area contributed by atoms with Crippen LogP contribution in [0.3, 0.4) is 0 Å². The van der Waals surface area contributed by atoms with E-state index in [1.165, 1.54) is 12.1 Å². The van der Waals surface area contributed by atoms with Gasteiger partial charge in [-0.05, 0) is 50.1 Å². The highest BCUT2D eigenvalue weighted by atomic mass is 79.9. The Morgan fingerprint density at radius 3 is 2.48 bits per heavy atom. The molecule has 0 saturated carbocycles. The third kappa shape index (κ3) is 3.64. The number of para-hydroxylation sites is 1. The minimum absolute atomic E-state index is 0.0986. The first-order valence-electron chi connectivity index (χ1n) is 5.61. The van der Waals surface area contributed by atoms with Gasteiger partial charge in [0, 0.05) is 0 Å². The second-order valence-electron chi connectivity index (χ2n) is 3.99. The number of rotatable bonds is 5. The lowest BCUT2D eigenvalue weighted by Gasteiger charge is -2.11. The van der Waals surface area contributed by atoms with Crippen LogP contribution in [0, 0.1) is 0 Å². The molecule has 0 unspecified atom stereocenters. The Bertz CT molecular complexity index is 727. The number of anilines is 1. The van der Waals surface area contributed by atoms with Gasteiger partial charge in [-0.3, -0.25) is 0 Å². The van der Waals surface area contributed by atoms with Gasteiger partial charge in [0.15, 0.2) is 4.67 Å². The fourth-order valence-electron chi connectivity index (χ4n) is 1.62. The largest absolute Gasteiger partial charge is 0.451 e. The van der Waals surface area contributed by atoms with Gasteiger partial charge in [-0.2, -0.15) is 8.78 Å². The van der Waals surface area contributed by atoms with Gasteiger partial charge in [0.1, 0.15) is 5.76 Å². The number of hydrogen-bond acceptors (Lipinski definition) is 4. The third-order valence-corrected chi connectivity index (χ3v) is 5.73. The molecule has 1 N–H and O–H groups in total. The quantitative estimate of drug-likeness (QED) is 0.741. The van der Waals surface area contributed by atoms with Crippen LogP contribution in [0.2, 0.25) is 0 Å². The minimum Gasteiger partial charge on any atom is -0.451 e. The van der Waals surface area contributed by atoms with Crippen LogP contribution in [0.4, 0.5) is 14.5 Å². The number of sulfone groups is 1. The van der Waals surface area contributed by atoms with E-state index in [-0.39, 0.29) is 12.2 Å². The van der Waals surface area contributed by atoms with Crippen molar-refractivity contribution in [1.29, 1.82) is 0 Å². The first kappa shape index (κ1) is 16.4. The highest BCUT2D eigenvalue weighted by molar-refractivity contribution is 9.13. The summed E-state index contributed by atoms with van der Waals surface area (Å²) in [5.74, 6) is -2.95. The number of hydrogen-bond donors (Lipinski definition) is 1. The molecule has 2 rings (SSSR count). The van der Waals surface area contributed by atoms with Crippen molar-refractivity contribution < 1.29 is 21.6 Å². The van der Waals surface area contributed by atoms with Gasteiger partial charge in [-0.25, -0.2) is 8.42 Å². The molecular weight excluding hydrogens is 436 g/mol. The van der Waals surface area contributed by atoms with Crippen molar-refractivity contribution in [3.63, 3.8) is 0 Å². The zero-order valence-corrected chi connectivity index (χ0v) is 14.3. The minimum atomic E-state index is -4.66. The Morgan fingerprint density at radius 2 is 1.90 bits per heavy atom. The van der Waals surface area contributed by atoms with Crippen LogP contribution in [-0.4, -0.2) is 14.2 Å². The number of furan rings is 1. The Morgan fingerprint density at radius 1 is 1.24 bits per heavy atom. The summed E-state index contributed by atoms with van der Waals surface area (Å²) in [7, 11) is -4.66. The molecule has 1 heterocycles. The van der Waals surface area contributed by atoms with Crippen molar-refractivity contribution in [2.24, 2.45) is 0 Å². The molecule has 1 aromatic carbocycles. The molecule has 0 saturated heterocycles. The lowest BCUT2D eigenvalue weighted by molar-refractivity contribution is 0.235. The summed E-state index contributed by atoms with van der Waals surface area (Å²) in [4.78, 5) is -0.440. The molecule has 0 amide bonds. The molecule has 21 heavy (non-hydrogen) atoms. The third-order valence-electron chi connectivity index (χ3n) is 2.58. The fourth-order valence-corrected chi connectivity index (χ4v) is 3.18. The van der Waals surface area contributed by atoms with E-state index in [2.05, 4.69) is 37.2 Å². The van der Waals surface area contributed by atoms with E-state index in [0.29, 0.717) is 14.9 Å². The smallest absolute Gasteiger partial charge is 0.341 e. The highest BCUT2D eigenvalue weighted by Gasteiger charge is 2.28. The summed E-state index contributed by atoms with van der Waals surface area (Å²) in [6, 6.07) is 7.18. The van der Waals surface area contributed by atoms with Crippen molar-refractivity contribution in [1.82, 2.24) is 0 Å². The van der Waals surface area contributed by atoms with Crippen LogP contribution in [0.15, 0.2) is 48.8 Å². The van der Waals surface area contributed by atoms with Gasteiger partial charge in [0.25, 0.3) is 0 Å². The summed E-state index contributed by atoms with van der Waals surface area (Å²) in [5, 5.41) is 2.78. The van der Waals surface area contributed by atoms with Crippen LogP contribution in [0.1, 0.15) is 5.76 Å². The fraction of sp³-hybridized carbons (Fsp3) is 0.167. The molecule has 0 atom stereocenters. The lowest BCUT2D eigenvalue weighted by atomic mass is 10.3.